The molecule has 0 saturated carbocycles. The van der Waals surface area contributed by atoms with Crippen LogP contribution in [0.4, 0.5) is 0 Å². The third kappa shape index (κ3) is 7.18. The molecule has 0 spiro atoms. The molecule has 0 atom stereocenters. The first-order chi connectivity index (χ1) is 7.88. The molecule has 7 heteroatoms. The van der Waals surface area contributed by atoms with Gasteiger partial charge in [0.2, 0.25) is 5.88 Å². The predicted molar refractivity (Wildman–Crippen MR) is 85.5 cm³/mol. The van der Waals surface area contributed by atoms with E-state index in [1.165, 1.54) is 5.56 Å². The number of nitrogens with zero attached hydrogens (tertiary/aromatic N) is 2. The van der Waals surface area contributed by atoms with E-state index in [0.29, 0.717) is 5.88 Å². The molecule has 1 aliphatic heterocycles. The molecular weight excluding hydrogens is 309 g/mol. The van der Waals surface area contributed by atoms with Crippen LogP contribution in [-0.4, -0.2) is 49.7 Å². The van der Waals surface area contributed by atoms with E-state index in [-0.39, 0.29) is 37.2 Å². The standard InChI is InChI=1S/C12H19N3O.3ClH/c1-16-12-10-11(2-4-14-12)3-7-15-8-5-13-6-9-15;;;/h2,4,10,13H,3,5-9H2,1H3;3*1H. The molecular formula is C12H22Cl3N3O. The van der Waals surface area contributed by atoms with Crippen LogP contribution in [0.15, 0.2) is 18.3 Å². The van der Waals surface area contributed by atoms with Crippen molar-refractivity contribution in [1.29, 1.82) is 0 Å². The first-order valence-electron chi connectivity index (χ1n) is 5.80. The molecule has 0 bridgehead atoms. The van der Waals surface area contributed by atoms with Crippen LogP contribution in [0, 0.1) is 0 Å². The second-order valence-electron chi connectivity index (χ2n) is 4.05. The molecule has 2 rings (SSSR count). The summed E-state index contributed by atoms with van der Waals surface area (Å²) in [7, 11) is 1.66. The van der Waals surface area contributed by atoms with Gasteiger partial charge in [0, 0.05) is 45.0 Å². The van der Waals surface area contributed by atoms with Crippen molar-refractivity contribution in [3.05, 3.63) is 23.9 Å². The van der Waals surface area contributed by atoms with Gasteiger partial charge in [-0.25, -0.2) is 4.98 Å². The van der Waals surface area contributed by atoms with E-state index in [1.54, 1.807) is 7.11 Å². The summed E-state index contributed by atoms with van der Waals surface area (Å²) in [5, 5.41) is 3.36. The molecule has 1 fully saturated rings. The monoisotopic (exact) mass is 329 g/mol. The number of methoxy groups -OCH3 is 1. The maximum Gasteiger partial charge on any atom is 0.213 e. The summed E-state index contributed by atoms with van der Waals surface area (Å²) in [6, 6.07) is 4.08. The molecule has 0 unspecified atom stereocenters. The Kier molecular flexibility index (Phi) is 12.8. The summed E-state index contributed by atoms with van der Waals surface area (Å²) in [5.41, 5.74) is 1.30. The Balaban J connectivity index is 0. The van der Waals surface area contributed by atoms with E-state index >= 15 is 0 Å². The van der Waals surface area contributed by atoms with Crippen molar-refractivity contribution in [2.24, 2.45) is 0 Å². The highest BCUT2D eigenvalue weighted by Crippen LogP contribution is 2.09. The lowest BCUT2D eigenvalue weighted by Gasteiger charge is -2.27. The minimum atomic E-state index is 0. The molecule has 1 aromatic heterocycles. The van der Waals surface area contributed by atoms with E-state index in [0.717, 1.165) is 39.1 Å². The zero-order valence-corrected chi connectivity index (χ0v) is 13.5. The zero-order valence-electron chi connectivity index (χ0n) is 11.0. The number of ether oxygens (including phenoxy) is 1. The van der Waals surface area contributed by atoms with Gasteiger partial charge in [0.1, 0.15) is 0 Å². The van der Waals surface area contributed by atoms with Gasteiger partial charge in [-0.3, -0.25) is 0 Å². The van der Waals surface area contributed by atoms with Gasteiger partial charge in [0.25, 0.3) is 0 Å². The molecule has 0 aliphatic carbocycles. The predicted octanol–water partition coefficient (Wildman–Crippen LogP) is 1.80. The van der Waals surface area contributed by atoms with Crippen molar-refractivity contribution in [3.8, 4) is 5.88 Å². The third-order valence-corrected chi connectivity index (χ3v) is 2.93. The van der Waals surface area contributed by atoms with Gasteiger partial charge in [-0.1, -0.05) is 0 Å². The Bertz CT molecular complexity index is 336. The largest absolute Gasteiger partial charge is 0.481 e. The highest BCUT2D eigenvalue weighted by molar-refractivity contribution is 5.86. The maximum atomic E-state index is 5.11. The fourth-order valence-corrected chi connectivity index (χ4v) is 1.94. The molecule has 1 aliphatic rings. The van der Waals surface area contributed by atoms with Gasteiger partial charge in [0.05, 0.1) is 7.11 Å². The van der Waals surface area contributed by atoms with Crippen LogP contribution < -0.4 is 10.1 Å². The average molecular weight is 331 g/mol. The number of aromatic nitrogens is 1. The van der Waals surface area contributed by atoms with Crippen molar-refractivity contribution >= 4 is 37.2 Å². The molecule has 4 nitrogen and oxygen atoms in total. The van der Waals surface area contributed by atoms with Crippen LogP contribution in [0.25, 0.3) is 0 Å². The van der Waals surface area contributed by atoms with Crippen molar-refractivity contribution in [3.63, 3.8) is 0 Å². The van der Waals surface area contributed by atoms with E-state index in [2.05, 4.69) is 21.3 Å². The van der Waals surface area contributed by atoms with Gasteiger partial charge >= 0.3 is 0 Å². The zero-order chi connectivity index (χ0) is 11.2. The van der Waals surface area contributed by atoms with Crippen LogP contribution in [0.1, 0.15) is 5.56 Å². The summed E-state index contributed by atoms with van der Waals surface area (Å²) >= 11 is 0. The van der Waals surface area contributed by atoms with Crippen LogP contribution in [0.5, 0.6) is 5.88 Å². The Morgan fingerprint density at radius 3 is 2.58 bits per heavy atom. The lowest BCUT2D eigenvalue weighted by atomic mass is 10.2. The highest BCUT2D eigenvalue weighted by atomic mass is 35.5. The van der Waals surface area contributed by atoms with Crippen LogP contribution in [0.2, 0.25) is 0 Å². The molecule has 112 valence electrons. The van der Waals surface area contributed by atoms with Crippen molar-refractivity contribution in [1.82, 2.24) is 15.2 Å². The number of hydrogen-bond acceptors (Lipinski definition) is 4. The minimum absolute atomic E-state index is 0. The first kappa shape index (κ1) is 21.0. The number of halogens is 3. The molecule has 19 heavy (non-hydrogen) atoms. The smallest absolute Gasteiger partial charge is 0.213 e. The molecule has 1 N–H and O–H groups in total. The second kappa shape index (κ2) is 11.6. The van der Waals surface area contributed by atoms with Gasteiger partial charge < -0.3 is 15.0 Å². The third-order valence-electron chi connectivity index (χ3n) is 2.93. The Morgan fingerprint density at radius 1 is 1.26 bits per heavy atom. The highest BCUT2D eigenvalue weighted by Gasteiger charge is 2.09. The van der Waals surface area contributed by atoms with Crippen molar-refractivity contribution in [2.45, 2.75) is 6.42 Å². The molecule has 0 amide bonds. The van der Waals surface area contributed by atoms with Crippen molar-refractivity contribution < 1.29 is 4.74 Å². The molecule has 2 heterocycles. The van der Waals surface area contributed by atoms with Gasteiger partial charge in [-0.2, -0.15) is 0 Å². The minimum Gasteiger partial charge on any atom is -0.481 e. The van der Waals surface area contributed by atoms with E-state index in [4.69, 9.17) is 4.74 Å². The second-order valence-corrected chi connectivity index (χ2v) is 4.05. The number of hydrogen-bond donors (Lipinski definition) is 1. The van der Waals surface area contributed by atoms with E-state index < -0.39 is 0 Å². The summed E-state index contributed by atoms with van der Waals surface area (Å²) in [6.45, 7) is 5.65. The van der Waals surface area contributed by atoms with Gasteiger partial charge in [-0.05, 0) is 18.1 Å². The normalized spacial score (nSPS) is 14.6. The first-order valence-corrected chi connectivity index (χ1v) is 5.80. The lowest BCUT2D eigenvalue weighted by Crippen LogP contribution is -2.44. The molecule has 0 aromatic carbocycles. The van der Waals surface area contributed by atoms with Crippen LogP contribution in [-0.2, 0) is 6.42 Å². The molecule has 1 saturated heterocycles. The lowest BCUT2D eigenvalue weighted by molar-refractivity contribution is 0.244. The van der Waals surface area contributed by atoms with E-state index in [9.17, 15) is 0 Å². The SMILES string of the molecule is COc1cc(CCN2CCNCC2)ccn1.Cl.Cl.Cl. The average Bonchev–Trinajstić information content (AvgIpc) is 2.38. The van der Waals surface area contributed by atoms with Gasteiger partial charge in [-0.15, -0.1) is 37.2 Å². The fraction of sp³-hybridized carbons (Fsp3) is 0.583. The Morgan fingerprint density at radius 2 is 1.95 bits per heavy atom. The number of rotatable bonds is 4. The Hall–Kier alpha value is -0.260. The Labute approximate surface area is 133 Å². The van der Waals surface area contributed by atoms with Crippen LogP contribution >= 0.6 is 37.2 Å². The number of piperazine rings is 1. The van der Waals surface area contributed by atoms with Crippen LogP contribution in [0.3, 0.4) is 0 Å². The molecule has 0 radical (unpaired) electrons. The fourth-order valence-electron chi connectivity index (χ4n) is 1.94. The topological polar surface area (TPSA) is 37.4 Å². The summed E-state index contributed by atoms with van der Waals surface area (Å²) in [5.74, 6) is 0.706. The summed E-state index contributed by atoms with van der Waals surface area (Å²) in [4.78, 5) is 6.60. The number of pyridine rings is 1. The quantitative estimate of drug-likeness (QED) is 0.913. The van der Waals surface area contributed by atoms with Crippen molar-refractivity contribution in [2.75, 3.05) is 39.8 Å². The maximum absolute atomic E-state index is 5.11. The van der Waals surface area contributed by atoms with Gasteiger partial charge in [0.15, 0.2) is 0 Å². The summed E-state index contributed by atoms with van der Waals surface area (Å²) < 4.78 is 5.11. The number of nitrogens with one attached hydrogen (secondary N) is 1. The molecule has 1 aromatic rings. The van der Waals surface area contributed by atoms with E-state index in [1.807, 2.05) is 12.3 Å². The summed E-state index contributed by atoms with van der Waals surface area (Å²) in [6.07, 6.45) is 2.88.